The molecule has 0 aromatic carbocycles. The van der Waals surface area contributed by atoms with Gasteiger partial charge < -0.3 is 14.9 Å². The van der Waals surface area contributed by atoms with Gasteiger partial charge in [0.25, 0.3) is 0 Å². The Hall–Kier alpha value is -0.380. The van der Waals surface area contributed by atoms with Crippen molar-refractivity contribution in [3.05, 3.63) is 11.6 Å². The smallest absolute Gasteiger partial charge is 0.0673 e. The third-order valence-electron chi connectivity index (χ3n) is 2.48. The lowest BCUT2D eigenvalue weighted by molar-refractivity contribution is 0.157. The van der Waals surface area contributed by atoms with Crippen molar-refractivity contribution in [1.82, 2.24) is 0 Å². The second kappa shape index (κ2) is 5.37. The average Bonchev–Trinajstić information content (AvgIpc) is 2.17. The van der Waals surface area contributed by atoms with Crippen molar-refractivity contribution in [1.29, 1.82) is 0 Å². The largest absolute Gasteiger partial charge is 0.396 e. The van der Waals surface area contributed by atoms with Gasteiger partial charge in [-0.15, -0.1) is 0 Å². The SMILES string of the molecule is COCC1=CC(CO)CC(CO)C1. The molecule has 0 saturated carbocycles. The maximum atomic E-state index is 9.04. The second-order valence-corrected chi connectivity index (χ2v) is 3.69. The molecule has 1 rings (SSSR count). The Morgan fingerprint density at radius 1 is 1.46 bits per heavy atom. The van der Waals surface area contributed by atoms with Crippen LogP contribution in [0.25, 0.3) is 0 Å². The predicted octanol–water partition coefficient (Wildman–Crippen LogP) is 0.570. The zero-order valence-electron chi connectivity index (χ0n) is 8.07. The highest BCUT2D eigenvalue weighted by Crippen LogP contribution is 2.27. The molecule has 2 atom stereocenters. The Bertz CT molecular complexity index is 177. The van der Waals surface area contributed by atoms with Gasteiger partial charge in [0.15, 0.2) is 0 Å². The number of ether oxygens (including phenoxy) is 1. The Morgan fingerprint density at radius 3 is 2.77 bits per heavy atom. The molecule has 0 aromatic rings. The minimum Gasteiger partial charge on any atom is -0.396 e. The summed E-state index contributed by atoms with van der Waals surface area (Å²) in [5, 5.41) is 18.1. The summed E-state index contributed by atoms with van der Waals surface area (Å²) in [7, 11) is 1.66. The highest BCUT2D eigenvalue weighted by atomic mass is 16.5. The van der Waals surface area contributed by atoms with Crippen LogP contribution < -0.4 is 0 Å². The van der Waals surface area contributed by atoms with Crippen molar-refractivity contribution >= 4 is 0 Å². The van der Waals surface area contributed by atoms with E-state index in [0.29, 0.717) is 12.5 Å². The van der Waals surface area contributed by atoms with Crippen LogP contribution in [0.15, 0.2) is 11.6 Å². The zero-order valence-corrected chi connectivity index (χ0v) is 8.07. The molecule has 76 valence electrons. The Morgan fingerprint density at radius 2 is 2.23 bits per heavy atom. The van der Waals surface area contributed by atoms with Gasteiger partial charge in [-0.05, 0) is 24.3 Å². The van der Waals surface area contributed by atoms with Crippen molar-refractivity contribution in [3.63, 3.8) is 0 Å². The van der Waals surface area contributed by atoms with E-state index < -0.39 is 0 Å². The summed E-state index contributed by atoms with van der Waals surface area (Å²) < 4.78 is 5.04. The molecule has 0 heterocycles. The van der Waals surface area contributed by atoms with Crippen molar-refractivity contribution in [2.45, 2.75) is 12.8 Å². The average molecular weight is 186 g/mol. The lowest BCUT2D eigenvalue weighted by Crippen LogP contribution is -2.21. The van der Waals surface area contributed by atoms with E-state index in [1.165, 1.54) is 5.57 Å². The summed E-state index contributed by atoms with van der Waals surface area (Å²) in [6.07, 6.45) is 3.87. The highest BCUT2D eigenvalue weighted by molar-refractivity contribution is 5.10. The Kier molecular flexibility index (Phi) is 4.42. The minimum atomic E-state index is 0.170. The first-order valence-corrected chi connectivity index (χ1v) is 4.70. The van der Waals surface area contributed by atoms with E-state index in [4.69, 9.17) is 14.9 Å². The van der Waals surface area contributed by atoms with Gasteiger partial charge in [-0.1, -0.05) is 6.08 Å². The fourth-order valence-electron chi connectivity index (χ4n) is 1.91. The number of hydrogen-bond donors (Lipinski definition) is 2. The number of aliphatic hydroxyl groups is 2. The molecule has 0 saturated heterocycles. The van der Waals surface area contributed by atoms with Crippen LogP contribution in [0, 0.1) is 11.8 Å². The molecule has 0 bridgehead atoms. The third kappa shape index (κ3) is 3.10. The van der Waals surface area contributed by atoms with Crippen LogP contribution in [0.4, 0.5) is 0 Å². The summed E-state index contributed by atoms with van der Waals surface area (Å²) in [4.78, 5) is 0. The van der Waals surface area contributed by atoms with Crippen LogP contribution in [0.2, 0.25) is 0 Å². The molecular weight excluding hydrogens is 168 g/mol. The second-order valence-electron chi connectivity index (χ2n) is 3.69. The molecule has 0 aliphatic heterocycles. The van der Waals surface area contributed by atoms with E-state index in [1.54, 1.807) is 7.11 Å². The van der Waals surface area contributed by atoms with Crippen LogP contribution in [-0.4, -0.2) is 37.1 Å². The van der Waals surface area contributed by atoms with E-state index in [9.17, 15) is 0 Å². The van der Waals surface area contributed by atoms with Crippen LogP contribution in [0.3, 0.4) is 0 Å². The van der Waals surface area contributed by atoms with Crippen molar-refractivity contribution in [2.24, 2.45) is 11.8 Å². The number of aliphatic hydroxyl groups excluding tert-OH is 2. The molecule has 2 N–H and O–H groups in total. The molecule has 2 unspecified atom stereocenters. The predicted molar refractivity (Wildman–Crippen MR) is 50.3 cm³/mol. The van der Waals surface area contributed by atoms with Crippen LogP contribution in [0.1, 0.15) is 12.8 Å². The maximum Gasteiger partial charge on any atom is 0.0673 e. The number of hydrogen-bond acceptors (Lipinski definition) is 3. The Balaban J connectivity index is 2.55. The van der Waals surface area contributed by atoms with Gasteiger partial charge >= 0.3 is 0 Å². The van der Waals surface area contributed by atoms with Crippen molar-refractivity contribution in [3.8, 4) is 0 Å². The molecule has 3 heteroatoms. The summed E-state index contributed by atoms with van der Waals surface area (Å²) >= 11 is 0. The summed E-state index contributed by atoms with van der Waals surface area (Å²) in [6, 6.07) is 0. The van der Waals surface area contributed by atoms with Crippen LogP contribution in [-0.2, 0) is 4.74 Å². The highest BCUT2D eigenvalue weighted by Gasteiger charge is 2.21. The summed E-state index contributed by atoms with van der Waals surface area (Å²) in [6.45, 7) is 0.994. The summed E-state index contributed by atoms with van der Waals surface area (Å²) in [5.41, 5.74) is 1.20. The van der Waals surface area contributed by atoms with E-state index in [1.807, 2.05) is 0 Å². The number of methoxy groups -OCH3 is 1. The molecule has 0 radical (unpaired) electrons. The van der Waals surface area contributed by atoms with Crippen molar-refractivity contribution < 1.29 is 14.9 Å². The first-order chi connectivity index (χ1) is 6.30. The first kappa shape index (κ1) is 10.7. The Labute approximate surface area is 79.0 Å². The topological polar surface area (TPSA) is 49.7 Å². The number of rotatable bonds is 4. The van der Waals surface area contributed by atoms with E-state index >= 15 is 0 Å². The van der Waals surface area contributed by atoms with E-state index in [2.05, 4.69) is 6.08 Å². The van der Waals surface area contributed by atoms with Gasteiger partial charge in [-0.3, -0.25) is 0 Å². The summed E-state index contributed by atoms with van der Waals surface area (Å²) in [5.74, 6) is 0.503. The van der Waals surface area contributed by atoms with Gasteiger partial charge in [0.1, 0.15) is 0 Å². The molecule has 0 fully saturated rings. The van der Waals surface area contributed by atoms with E-state index in [-0.39, 0.29) is 19.1 Å². The molecule has 1 aliphatic rings. The molecule has 1 aliphatic carbocycles. The monoisotopic (exact) mass is 186 g/mol. The van der Waals surface area contributed by atoms with Crippen molar-refractivity contribution in [2.75, 3.05) is 26.9 Å². The third-order valence-corrected chi connectivity index (χ3v) is 2.48. The van der Waals surface area contributed by atoms with Gasteiger partial charge in [-0.25, -0.2) is 0 Å². The van der Waals surface area contributed by atoms with Crippen LogP contribution >= 0.6 is 0 Å². The lowest BCUT2D eigenvalue weighted by atomic mass is 9.83. The van der Waals surface area contributed by atoms with Gasteiger partial charge in [0.05, 0.1) is 6.61 Å². The van der Waals surface area contributed by atoms with Crippen LogP contribution in [0.5, 0.6) is 0 Å². The standard InChI is InChI=1S/C10H18O3/c1-13-7-10-3-8(5-11)2-9(4-10)6-12/h3,8-9,11-12H,2,4-7H2,1H3. The molecule has 0 aromatic heterocycles. The first-order valence-electron chi connectivity index (χ1n) is 4.70. The zero-order chi connectivity index (χ0) is 9.68. The molecule has 13 heavy (non-hydrogen) atoms. The minimum absolute atomic E-state index is 0.170. The maximum absolute atomic E-state index is 9.04. The molecule has 0 amide bonds. The molecule has 3 nitrogen and oxygen atoms in total. The lowest BCUT2D eigenvalue weighted by Gasteiger charge is -2.25. The molecular formula is C10H18O3. The fraction of sp³-hybridized carbons (Fsp3) is 0.800. The fourth-order valence-corrected chi connectivity index (χ4v) is 1.91. The normalized spacial score (nSPS) is 28.7. The molecule has 0 spiro atoms. The van der Waals surface area contributed by atoms with Gasteiger partial charge in [0.2, 0.25) is 0 Å². The van der Waals surface area contributed by atoms with Gasteiger partial charge in [0, 0.05) is 26.2 Å². The van der Waals surface area contributed by atoms with E-state index in [0.717, 1.165) is 12.8 Å². The van der Waals surface area contributed by atoms with Gasteiger partial charge in [-0.2, -0.15) is 0 Å². The quantitative estimate of drug-likeness (QED) is 0.631.